The number of hydrogen-bond acceptors (Lipinski definition) is 3. The standard InChI is InChI=1S/C16H19NOS/c1-2-12-8-10-15(19-12)16(18)14-9-7-11-5-3-4-6-13(11)17-14/h3-6,8,10,14,16-18H,2,7,9H2,1H3. The number of benzene rings is 1. The number of hydrogen-bond donors (Lipinski definition) is 2. The molecule has 1 aromatic carbocycles. The molecule has 0 amide bonds. The summed E-state index contributed by atoms with van der Waals surface area (Å²) >= 11 is 1.73. The van der Waals surface area contributed by atoms with Crippen molar-refractivity contribution in [1.29, 1.82) is 0 Å². The largest absolute Gasteiger partial charge is 0.385 e. The van der Waals surface area contributed by atoms with Gasteiger partial charge in [-0.25, -0.2) is 0 Å². The fraction of sp³-hybridized carbons (Fsp3) is 0.375. The van der Waals surface area contributed by atoms with Crippen LogP contribution in [0, 0.1) is 0 Å². The minimum atomic E-state index is -0.404. The van der Waals surface area contributed by atoms with E-state index in [1.54, 1.807) is 11.3 Å². The van der Waals surface area contributed by atoms with Crippen LogP contribution in [0.4, 0.5) is 5.69 Å². The highest BCUT2D eigenvalue weighted by Gasteiger charge is 2.26. The summed E-state index contributed by atoms with van der Waals surface area (Å²) in [5.74, 6) is 0. The number of rotatable bonds is 3. The molecule has 1 aliphatic rings. The molecule has 2 unspecified atom stereocenters. The van der Waals surface area contributed by atoms with Gasteiger partial charge in [0.25, 0.3) is 0 Å². The second-order valence-corrected chi connectivity index (χ2v) is 6.25. The van der Waals surface area contributed by atoms with E-state index in [1.807, 2.05) is 6.07 Å². The van der Waals surface area contributed by atoms with E-state index in [9.17, 15) is 5.11 Å². The lowest BCUT2D eigenvalue weighted by Gasteiger charge is -2.30. The second-order valence-electron chi connectivity index (χ2n) is 5.05. The molecule has 1 aromatic heterocycles. The first-order valence-corrected chi connectivity index (χ1v) is 7.70. The predicted molar refractivity (Wildman–Crippen MR) is 80.8 cm³/mol. The molecule has 2 nitrogen and oxygen atoms in total. The quantitative estimate of drug-likeness (QED) is 0.892. The number of thiophene rings is 1. The fourth-order valence-corrected chi connectivity index (χ4v) is 3.64. The smallest absolute Gasteiger partial charge is 0.108 e. The van der Waals surface area contributed by atoms with Crippen molar-refractivity contribution < 1.29 is 5.11 Å². The van der Waals surface area contributed by atoms with Gasteiger partial charge in [-0.3, -0.25) is 0 Å². The summed E-state index contributed by atoms with van der Waals surface area (Å²) in [5, 5.41) is 14.0. The molecule has 0 spiro atoms. The van der Waals surface area contributed by atoms with Crippen molar-refractivity contribution in [3.8, 4) is 0 Å². The number of aryl methyl sites for hydroxylation is 2. The molecule has 0 radical (unpaired) electrons. The van der Waals surface area contributed by atoms with Crippen LogP contribution in [0.25, 0.3) is 0 Å². The summed E-state index contributed by atoms with van der Waals surface area (Å²) in [5.41, 5.74) is 2.52. The number of fused-ring (bicyclic) bond motifs is 1. The van der Waals surface area contributed by atoms with Crippen LogP contribution >= 0.6 is 11.3 Å². The molecule has 100 valence electrons. The number of nitrogens with one attached hydrogen (secondary N) is 1. The minimum absolute atomic E-state index is 0.123. The van der Waals surface area contributed by atoms with Crippen LogP contribution in [0.1, 0.15) is 34.8 Å². The Morgan fingerprint density at radius 1 is 1.32 bits per heavy atom. The van der Waals surface area contributed by atoms with E-state index in [1.165, 1.54) is 16.1 Å². The molecular formula is C16H19NOS. The van der Waals surface area contributed by atoms with Crippen LogP contribution in [0.5, 0.6) is 0 Å². The molecule has 3 rings (SSSR count). The molecule has 0 bridgehead atoms. The van der Waals surface area contributed by atoms with E-state index >= 15 is 0 Å². The number of aliphatic hydroxyl groups excluding tert-OH is 1. The average Bonchev–Trinajstić information content (AvgIpc) is 2.95. The zero-order valence-electron chi connectivity index (χ0n) is 11.1. The molecule has 0 saturated carbocycles. The van der Waals surface area contributed by atoms with E-state index in [0.29, 0.717) is 0 Å². The first kappa shape index (κ1) is 12.7. The van der Waals surface area contributed by atoms with Gasteiger partial charge in [-0.15, -0.1) is 11.3 Å². The molecule has 2 atom stereocenters. The molecule has 19 heavy (non-hydrogen) atoms. The maximum absolute atomic E-state index is 10.5. The molecule has 2 N–H and O–H groups in total. The zero-order valence-corrected chi connectivity index (χ0v) is 11.9. The highest BCUT2D eigenvalue weighted by atomic mass is 32.1. The summed E-state index contributed by atoms with van der Waals surface area (Å²) in [6.45, 7) is 2.15. The Bertz CT molecular complexity index is 563. The van der Waals surface area contributed by atoms with Crippen molar-refractivity contribution in [3.63, 3.8) is 0 Å². The molecule has 0 fully saturated rings. The predicted octanol–water partition coefficient (Wildman–Crippen LogP) is 3.77. The van der Waals surface area contributed by atoms with Crippen LogP contribution in [0.15, 0.2) is 36.4 Å². The van der Waals surface area contributed by atoms with Crippen LogP contribution in [0.3, 0.4) is 0 Å². The van der Waals surface area contributed by atoms with Crippen molar-refractivity contribution in [1.82, 2.24) is 0 Å². The minimum Gasteiger partial charge on any atom is -0.385 e. The Kier molecular flexibility index (Phi) is 3.58. The van der Waals surface area contributed by atoms with Crippen LogP contribution in [0.2, 0.25) is 0 Å². The van der Waals surface area contributed by atoms with Gasteiger partial charge in [-0.2, -0.15) is 0 Å². The molecule has 0 saturated heterocycles. The van der Waals surface area contributed by atoms with Gasteiger partial charge in [0.1, 0.15) is 6.10 Å². The van der Waals surface area contributed by atoms with E-state index in [4.69, 9.17) is 0 Å². The highest BCUT2D eigenvalue weighted by molar-refractivity contribution is 7.12. The van der Waals surface area contributed by atoms with Crippen molar-refractivity contribution >= 4 is 17.0 Å². The fourth-order valence-electron chi connectivity index (χ4n) is 2.64. The van der Waals surface area contributed by atoms with Crippen LogP contribution < -0.4 is 5.32 Å². The van der Waals surface area contributed by atoms with Gasteiger partial charge in [0.15, 0.2) is 0 Å². The lowest BCUT2D eigenvalue weighted by molar-refractivity contribution is 0.152. The Hall–Kier alpha value is -1.32. The normalized spacial score (nSPS) is 19.6. The summed E-state index contributed by atoms with van der Waals surface area (Å²) < 4.78 is 0. The van der Waals surface area contributed by atoms with Crippen molar-refractivity contribution in [3.05, 3.63) is 51.7 Å². The third-order valence-electron chi connectivity index (χ3n) is 3.79. The van der Waals surface area contributed by atoms with Gasteiger partial charge >= 0.3 is 0 Å². The zero-order chi connectivity index (χ0) is 13.2. The Morgan fingerprint density at radius 3 is 2.95 bits per heavy atom. The lowest BCUT2D eigenvalue weighted by atomic mass is 9.94. The average molecular weight is 273 g/mol. The Labute approximate surface area is 118 Å². The van der Waals surface area contributed by atoms with Gasteiger partial charge in [-0.1, -0.05) is 25.1 Å². The van der Waals surface area contributed by atoms with E-state index < -0.39 is 6.10 Å². The Balaban J connectivity index is 1.77. The van der Waals surface area contributed by atoms with Crippen LogP contribution in [-0.2, 0) is 12.8 Å². The summed E-state index contributed by atoms with van der Waals surface area (Å²) in [7, 11) is 0. The highest BCUT2D eigenvalue weighted by Crippen LogP contribution is 2.33. The topological polar surface area (TPSA) is 32.3 Å². The summed E-state index contributed by atoms with van der Waals surface area (Å²) in [6.07, 6.45) is 2.66. The number of para-hydroxylation sites is 1. The van der Waals surface area contributed by atoms with E-state index in [0.717, 1.165) is 24.1 Å². The van der Waals surface area contributed by atoms with Gasteiger partial charge in [0, 0.05) is 15.4 Å². The molecule has 1 aliphatic heterocycles. The van der Waals surface area contributed by atoms with E-state index in [2.05, 4.69) is 42.6 Å². The van der Waals surface area contributed by atoms with Gasteiger partial charge in [0.05, 0.1) is 6.04 Å². The van der Waals surface area contributed by atoms with Gasteiger partial charge < -0.3 is 10.4 Å². The van der Waals surface area contributed by atoms with Gasteiger partial charge in [-0.05, 0) is 43.0 Å². The maximum atomic E-state index is 10.5. The van der Waals surface area contributed by atoms with Crippen LogP contribution in [-0.4, -0.2) is 11.1 Å². The van der Waals surface area contributed by atoms with Crippen molar-refractivity contribution in [2.45, 2.75) is 38.3 Å². The molecule has 2 aromatic rings. The first-order chi connectivity index (χ1) is 9.28. The lowest BCUT2D eigenvalue weighted by Crippen LogP contribution is -2.31. The summed E-state index contributed by atoms with van der Waals surface area (Å²) in [6, 6.07) is 12.7. The third kappa shape index (κ3) is 2.53. The SMILES string of the molecule is CCc1ccc(C(O)C2CCc3ccccc3N2)s1. The number of anilines is 1. The Morgan fingerprint density at radius 2 is 2.16 bits per heavy atom. The molecule has 2 heterocycles. The third-order valence-corrected chi connectivity index (χ3v) is 5.09. The summed E-state index contributed by atoms with van der Waals surface area (Å²) in [4.78, 5) is 2.42. The second kappa shape index (κ2) is 5.35. The van der Waals surface area contributed by atoms with Crippen molar-refractivity contribution in [2.24, 2.45) is 0 Å². The van der Waals surface area contributed by atoms with Gasteiger partial charge in [0.2, 0.25) is 0 Å². The molecule has 3 heteroatoms. The number of aliphatic hydroxyl groups is 1. The maximum Gasteiger partial charge on any atom is 0.108 e. The molecule has 0 aliphatic carbocycles. The first-order valence-electron chi connectivity index (χ1n) is 6.89. The molecular weight excluding hydrogens is 254 g/mol. The monoisotopic (exact) mass is 273 g/mol. The van der Waals surface area contributed by atoms with Crippen molar-refractivity contribution in [2.75, 3.05) is 5.32 Å². The van der Waals surface area contributed by atoms with E-state index in [-0.39, 0.29) is 6.04 Å².